The van der Waals surface area contributed by atoms with E-state index in [1.807, 2.05) is 39.8 Å². The van der Waals surface area contributed by atoms with Gasteiger partial charge in [0.2, 0.25) is 5.95 Å². The van der Waals surface area contributed by atoms with Crippen LogP contribution in [0, 0.1) is 13.8 Å². The van der Waals surface area contributed by atoms with Crippen LogP contribution in [0.25, 0.3) is 0 Å². The van der Waals surface area contributed by atoms with Gasteiger partial charge >= 0.3 is 0 Å². The second-order valence-corrected chi connectivity index (χ2v) is 6.86. The lowest BCUT2D eigenvalue weighted by molar-refractivity contribution is 0.467. The Kier molecular flexibility index (Phi) is 5.18. The standard InChI is InChI=1S/C15H20N4OS2/c1-7-5-11(6-8(2)12(7)20)16-15-18-13(9(3)21)17-14(19-15)10(4)22/h5-6,9-10,20-22H,1-4H3,(H,16,17,18,19). The molecule has 2 rings (SSSR count). The van der Waals surface area contributed by atoms with Gasteiger partial charge in [0.25, 0.3) is 0 Å². The van der Waals surface area contributed by atoms with Crippen molar-refractivity contribution in [3.8, 4) is 5.75 Å². The number of phenolic OH excluding ortho intramolecular Hbond substituents is 1. The molecular formula is C15H20N4OS2. The van der Waals surface area contributed by atoms with E-state index < -0.39 is 0 Å². The van der Waals surface area contributed by atoms with Gasteiger partial charge in [0.1, 0.15) is 17.4 Å². The van der Waals surface area contributed by atoms with Gasteiger partial charge in [0.05, 0.1) is 10.5 Å². The van der Waals surface area contributed by atoms with Crippen molar-refractivity contribution >= 4 is 36.9 Å². The van der Waals surface area contributed by atoms with Crippen molar-refractivity contribution in [3.05, 3.63) is 34.9 Å². The van der Waals surface area contributed by atoms with Crippen LogP contribution < -0.4 is 5.32 Å². The van der Waals surface area contributed by atoms with E-state index in [1.165, 1.54) is 0 Å². The average Bonchev–Trinajstić information content (AvgIpc) is 2.44. The van der Waals surface area contributed by atoms with Crippen molar-refractivity contribution in [2.45, 2.75) is 38.2 Å². The highest BCUT2D eigenvalue weighted by atomic mass is 32.1. The number of rotatable bonds is 4. The van der Waals surface area contributed by atoms with Crippen molar-refractivity contribution in [3.63, 3.8) is 0 Å². The number of nitrogens with one attached hydrogen (secondary N) is 1. The van der Waals surface area contributed by atoms with Crippen LogP contribution in [0.15, 0.2) is 12.1 Å². The minimum Gasteiger partial charge on any atom is -0.507 e. The molecule has 1 heterocycles. The van der Waals surface area contributed by atoms with Gasteiger partial charge in [-0.1, -0.05) is 0 Å². The number of hydrogen-bond acceptors (Lipinski definition) is 7. The Labute approximate surface area is 141 Å². The van der Waals surface area contributed by atoms with Crippen molar-refractivity contribution in [2.75, 3.05) is 5.32 Å². The van der Waals surface area contributed by atoms with Gasteiger partial charge in [-0.25, -0.2) is 4.98 Å². The van der Waals surface area contributed by atoms with Crippen LogP contribution in [-0.2, 0) is 0 Å². The maximum atomic E-state index is 9.84. The summed E-state index contributed by atoms with van der Waals surface area (Å²) in [6.45, 7) is 7.51. The second-order valence-electron chi connectivity index (χ2n) is 5.31. The highest BCUT2D eigenvalue weighted by molar-refractivity contribution is 7.80. The fourth-order valence-corrected chi connectivity index (χ4v) is 2.23. The van der Waals surface area contributed by atoms with Gasteiger partial charge in [0, 0.05) is 5.69 Å². The van der Waals surface area contributed by atoms with E-state index in [1.54, 1.807) is 0 Å². The highest BCUT2D eigenvalue weighted by Gasteiger charge is 2.13. The molecule has 0 radical (unpaired) electrons. The minimum absolute atomic E-state index is 0.0994. The number of phenols is 1. The van der Waals surface area contributed by atoms with E-state index in [0.29, 0.717) is 23.3 Å². The number of aromatic nitrogens is 3. The Morgan fingerprint density at radius 2 is 1.41 bits per heavy atom. The third-order valence-electron chi connectivity index (χ3n) is 3.16. The van der Waals surface area contributed by atoms with Crippen molar-refractivity contribution in [2.24, 2.45) is 0 Å². The summed E-state index contributed by atoms with van der Waals surface area (Å²) in [6, 6.07) is 3.69. The van der Waals surface area contributed by atoms with Gasteiger partial charge in [0.15, 0.2) is 0 Å². The third kappa shape index (κ3) is 3.84. The number of anilines is 2. The number of nitrogens with zero attached hydrogens (tertiary/aromatic N) is 3. The van der Waals surface area contributed by atoms with E-state index in [4.69, 9.17) is 0 Å². The third-order valence-corrected chi connectivity index (χ3v) is 3.63. The summed E-state index contributed by atoms with van der Waals surface area (Å²) >= 11 is 8.77. The van der Waals surface area contributed by atoms with Gasteiger partial charge in [-0.2, -0.15) is 35.2 Å². The summed E-state index contributed by atoms with van der Waals surface area (Å²) < 4.78 is 0. The zero-order valence-corrected chi connectivity index (χ0v) is 14.8. The molecule has 0 aliphatic heterocycles. The second kappa shape index (κ2) is 6.75. The molecule has 0 aliphatic rings. The molecule has 2 atom stereocenters. The monoisotopic (exact) mass is 336 g/mol. The smallest absolute Gasteiger partial charge is 0.230 e. The molecule has 22 heavy (non-hydrogen) atoms. The first-order valence-electron chi connectivity index (χ1n) is 6.97. The Hall–Kier alpha value is -1.47. The quantitative estimate of drug-likeness (QED) is 0.503. The lowest BCUT2D eigenvalue weighted by Crippen LogP contribution is -2.08. The summed E-state index contributed by atoms with van der Waals surface area (Å²) in [5.74, 6) is 1.95. The predicted molar refractivity (Wildman–Crippen MR) is 95.5 cm³/mol. The first-order chi connectivity index (χ1) is 10.3. The fourth-order valence-electron chi connectivity index (χ4n) is 2.00. The Morgan fingerprint density at radius 1 is 0.955 bits per heavy atom. The van der Waals surface area contributed by atoms with Crippen LogP contribution >= 0.6 is 25.3 Å². The maximum Gasteiger partial charge on any atom is 0.230 e. The Morgan fingerprint density at radius 3 is 1.82 bits per heavy atom. The molecule has 0 fully saturated rings. The SMILES string of the molecule is Cc1cc(Nc2nc(C(C)S)nc(C(C)S)n2)cc(C)c1O. The number of aryl methyl sites for hydroxylation is 2. The van der Waals surface area contributed by atoms with Crippen LogP contribution in [0.2, 0.25) is 0 Å². The number of hydrogen-bond donors (Lipinski definition) is 4. The topological polar surface area (TPSA) is 70.9 Å². The minimum atomic E-state index is -0.0994. The van der Waals surface area contributed by atoms with Crippen LogP contribution in [0.3, 0.4) is 0 Å². The first kappa shape index (κ1) is 16.9. The van der Waals surface area contributed by atoms with Crippen LogP contribution in [0.5, 0.6) is 5.75 Å². The maximum absolute atomic E-state index is 9.84. The lowest BCUT2D eigenvalue weighted by Gasteiger charge is -2.13. The summed E-state index contributed by atoms with van der Waals surface area (Å²) in [7, 11) is 0. The molecule has 118 valence electrons. The summed E-state index contributed by atoms with van der Waals surface area (Å²) in [5.41, 5.74) is 2.40. The molecule has 2 aromatic rings. The molecule has 1 aromatic heterocycles. The van der Waals surface area contributed by atoms with Gasteiger partial charge in [-0.15, -0.1) is 0 Å². The molecule has 0 saturated heterocycles. The normalized spacial score (nSPS) is 13.7. The molecule has 0 saturated carbocycles. The van der Waals surface area contributed by atoms with Crippen LogP contribution in [0.1, 0.15) is 47.1 Å². The average molecular weight is 336 g/mol. The zero-order valence-electron chi connectivity index (χ0n) is 13.0. The van der Waals surface area contributed by atoms with E-state index >= 15 is 0 Å². The van der Waals surface area contributed by atoms with E-state index in [-0.39, 0.29) is 10.5 Å². The summed E-state index contributed by atoms with van der Waals surface area (Å²) in [4.78, 5) is 13.1. The lowest BCUT2D eigenvalue weighted by atomic mass is 10.1. The number of aromatic hydroxyl groups is 1. The highest BCUT2D eigenvalue weighted by Crippen LogP contribution is 2.28. The summed E-state index contributed by atoms with van der Waals surface area (Å²) in [6.07, 6.45) is 0. The molecular weight excluding hydrogens is 316 g/mol. The van der Waals surface area contributed by atoms with Crippen LogP contribution in [0.4, 0.5) is 11.6 Å². The molecule has 0 amide bonds. The van der Waals surface area contributed by atoms with Gasteiger partial charge in [-0.05, 0) is 51.0 Å². The van der Waals surface area contributed by atoms with E-state index in [0.717, 1.165) is 16.8 Å². The molecule has 2 unspecified atom stereocenters. The Bertz CT molecular complexity index is 640. The summed E-state index contributed by atoms with van der Waals surface area (Å²) in [5, 5.41) is 12.8. The number of benzene rings is 1. The number of thiol groups is 2. The van der Waals surface area contributed by atoms with Crippen molar-refractivity contribution in [1.29, 1.82) is 0 Å². The largest absolute Gasteiger partial charge is 0.507 e. The fraction of sp³-hybridized carbons (Fsp3) is 0.400. The molecule has 0 spiro atoms. The van der Waals surface area contributed by atoms with E-state index in [9.17, 15) is 5.11 Å². The molecule has 0 aliphatic carbocycles. The van der Waals surface area contributed by atoms with Gasteiger partial charge in [-0.3, -0.25) is 0 Å². The first-order valence-corrected chi connectivity index (χ1v) is 8.00. The van der Waals surface area contributed by atoms with E-state index in [2.05, 4.69) is 45.5 Å². The zero-order chi connectivity index (χ0) is 16.4. The van der Waals surface area contributed by atoms with Crippen molar-refractivity contribution < 1.29 is 5.11 Å². The van der Waals surface area contributed by atoms with Crippen molar-refractivity contribution in [1.82, 2.24) is 15.0 Å². The Balaban J connectivity index is 2.40. The van der Waals surface area contributed by atoms with Crippen LogP contribution in [-0.4, -0.2) is 20.1 Å². The molecule has 2 N–H and O–H groups in total. The van der Waals surface area contributed by atoms with Gasteiger partial charge < -0.3 is 10.4 Å². The molecule has 0 bridgehead atoms. The predicted octanol–water partition coefficient (Wildman–Crippen LogP) is 3.92. The molecule has 5 nitrogen and oxygen atoms in total. The molecule has 7 heteroatoms. The molecule has 1 aromatic carbocycles.